The molecule has 2 rings (SSSR count). The first-order valence-electron chi connectivity index (χ1n) is 7.27. The molecule has 7 nitrogen and oxygen atoms in total. The van der Waals surface area contributed by atoms with Gasteiger partial charge in [-0.1, -0.05) is 11.6 Å². The average molecular weight is 365 g/mol. The first-order chi connectivity index (χ1) is 11.9. The van der Waals surface area contributed by atoms with E-state index < -0.39 is 4.92 Å². The predicted octanol–water partition coefficient (Wildman–Crippen LogP) is 3.54. The fourth-order valence-corrected chi connectivity index (χ4v) is 2.56. The molecule has 0 fully saturated rings. The van der Waals surface area contributed by atoms with Crippen molar-refractivity contribution in [3.05, 3.63) is 62.7 Å². The largest absolute Gasteiger partial charge is 0.497 e. The van der Waals surface area contributed by atoms with E-state index in [2.05, 4.69) is 0 Å². The third kappa shape index (κ3) is 4.19. The summed E-state index contributed by atoms with van der Waals surface area (Å²) in [5.74, 6) is 0.888. The van der Waals surface area contributed by atoms with Crippen molar-refractivity contribution >= 4 is 23.2 Å². The Morgan fingerprint density at radius 2 is 1.92 bits per heavy atom. The molecular weight excluding hydrogens is 348 g/mol. The van der Waals surface area contributed by atoms with Crippen LogP contribution in [0.5, 0.6) is 11.5 Å². The zero-order chi connectivity index (χ0) is 18.6. The van der Waals surface area contributed by atoms with E-state index in [0.29, 0.717) is 11.5 Å². The molecule has 25 heavy (non-hydrogen) atoms. The van der Waals surface area contributed by atoms with Gasteiger partial charge in [-0.2, -0.15) is 0 Å². The van der Waals surface area contributed by atoms with Gasteiger partial charge in [0.25, 0.3) is 11.6 Å². The van der Waals surface area contributed by atoms with Crippen LogP contribution in [0.4, 0.5) is 5.69 Å². The highest BCUT2D eigenvalue weighted by atomic mass is 35.5. The van der Waals surface area contributed by atoms with E-state index in [4.69, 9.17) is 21.1 Å². The molecule has 0 saturated carbocycles. The lowest BCUT2D eigenvalue weighted by Gasteiger charge is -2.20. The van der Waals surface area contributed by atoms with Crippen LogP contribution in [-0.2, 0) is 6.54 Å². The van der Waals surface area contributed by atoms with Crippen LogP contribution >= 0.6 is 11.6 Å². The van der Waals surface area contributed by atoms with Crippen molar-refractivity contribution in [2.24, 2.45) is 0 Å². The molecule has 0 saturated heterocycles. The van der Waals surface area contributed by atoms with Crippen LogP contribution in [0, 0.1) is 10.1 Å². The average Bonchev–Trinajstić information content (AvgIpc) is 2.61. The standard InChI is InChI=1S/C17H17ClN2O5/c1-19(10-11-4-6-13(24-2)9-16(11)25-3)17(21)14-7-5-12(20(22)23)8-15(14)18/h4-9H,10H2,1-3H3. The lowest BCUT2D eigenvalue weighted by atomic mass is 10.1. The summed E-state index contributed by atoms with van der Waals surface area (Å²) in [5.41, 5.74) is 0.820. The Hall–Kier alpha value is -2.80. The summed E-state index contributed by atoms with van der Waals surface area (Å²) in [4.78, 5) is 24.2. The van der Waals surface area contributed by atoms with Crippen LogP contribution in [0.2, 0.25) is 5.02 Å². The van der Waals surface area contributed by atoms with Crippen LogP contribution < -0.4 is 9.47 Å². The number of nitrogens with zero attached hydrogens (tertiary/aromatic N) is 2. The number of benzene rings is 2. The van der Waals surface area contributed by atoms with E-state index in [1.165, 1.54) is 24.1 Å². The van der Waals surface area contributed by atoms with Crippen LogP contribution in [0.25, 0.3) is 0 Å². The Labute approximate surface area is 149 Å². The smallest absolute Gasteiger partial charge is 0.270 e. The van der Waals surface area contributed by atoms with E-state index in [9.17, 15) is 14.9 Å². The zero-order valence-electron chi connectivity index (χ0n) is 14.0. The van der Waals surface area contributed by atoms with Crippen molar-refractivity contribution < 1.29 is 19.2 Å². The van der Waals surface area contributed by atoms with Crippen molar-refractivity contribution in [2.75, 3.05) is 21.3 Å². The van der Waals surface area contributed by atoms with E-state index in [1.807, 2.05) is 0 Å². The number of halogens is 1. The third-order valence-electron chi connectivity index (χ3n) is 3.64. The second-order valence-electron chi connectivity index (χ2n) is 5.26. The molecule has 0 heterocycles. The van der Waals surface area contributed by atoms with Crippen molar-refractivity contribution in [1.82, 2.24) is 4.90 Å². The number of nitro groups is 1. The molecule has 0 aliphatic heterocycles. The van der Waals surface area contributed by atoms with E-state index in [0.717, 1.165) is 11.6 Å². The summed E-state index contributed by atoms with van der Waals surface area (Å²) >= 11 is 6.02. The molecule has 0 atom stereocenters. The highest BCUT2D eigenvalue weighted by Crippen LogP contribution is 2.27. The van der Waals surface area contributed by atoms with Gasteiger partial charge in [0.05, 0.1) is 29.7 Å². The Morgan fingerprint density at radius 1 is 1.20 bits per heavy atom. The van der Waals surface area contributed by atoms with Gasteiger partial charge in [0.15, 0.2) is 0 Å². The molecule has 8 heteroatoms. The van der Waals surface area contributed by atoms with Gasteiger partial charge in [0.1, 0.15) is 11.5 Å². The Bertz CT molecular complexity index is 810. The molecule has 0 spiro atoms. The van der Waals surface area contributed by atoms with Gasteiger partial charge in [0, 0.05) is 37.4 Å². The van der Waals surface area contributed by atoms with Crippen molar-refractivity contribution in [1.29, 1.82) is 0 Å². The number of amides is 1. The summed E-state index contributed by atoms with van der Waals surface area (Å²) < 4.78 is 10.5. The fourth-order valence-electron chi connectivity index (χ4n) is 2.31. The normalized spacial score (nSPS) is 10.2. The molecule has 132 valence electrons. The number of ether oxygens (including phenoxy) is 2. The Balaban J connectivity index is 2.22. The van der Waals surface area contributed by atoms with E-state index in [1.54, 1.807) is 32.4 Å². The van der Waals surface area contributed by atoms with E-state index >= 15 is 0 Å². The topological polar surface area (TPSA) is 81.9 Å². The maximum atomic E-state index is 12.6. The molecule has 2 aromatic rings. The number of methoxy groups -OCH3 is 2. The SMILES string of the molecule is COc1ccc(CN(C)C(=O)c2ccc([N+](=O)[O-])cc2Cl)c(OC)c1. The highest BCUT2D eigenvalue weighted by Gasteiger charge is 2.19. The quantitative estimate of drug-likeness (QED) is 0.578. The summed E-state index contributed by atoms with van der Waals surface area (Å²) in [7, 11) is 4.71. The molecule has 2 aromatic carbocycles. The molecule has 0 aliphatic carbocycles. The van der Waals surface area contributed by atoms with Gasteiger partial charge >= 0.3 is 0 Å². The van der Waals surface area contributed by atoms with Crippen LogP contribution in [0.1, 0.15) is 15.9 Å². The number of non-ortho nitro benzene ring substituents is 1. The first-order valence-corrected chi connectivity index (χ1v) is 7.65. The minimum atomic E-state index is -0.563. The monoisotopic (exact) mass is 364 g/mol. The van der Waals surface area contributed by atoms with Gasteiger partial charge in [-0.3, -0.25) is 14.9 Å². The van der Waals surface area contributed by atoms with Crippen molar-refractivity contribution in [3.63, 3.8) is 0 Å². The maximum Gasteiger partial charge on any atom is 0.270 e. The van der Waals surface area contributed by atoms with Gasteiger partial charge in [0.2, 0.25) is 0 Å². The summed E-state index contributed by atoms with van der Waals surface area (Å²) in [6.45, 7) is 0.277. The lowest BCUT2D eigenvalue weighted by molar-refractivity contribution is -0.384. The minimum absolute atomic E-state index is 0.0349. The Morgan fingerprint density at radius 3 is 2.48 bits per heavy atom. The number of nitro benzene ring substituents is 1. The van der Waals surface area contributed by atoms with Gasteiger partial charge in [-0.15, -0.1) is 0 Å². The Kier molecular flexibility index (Phi) is 5.82. The van der Waals surface area contributed by atoms with Gasteiger partial charge < -0.3 is 14.4 Å². The van der Waals surface area contributed by atoms with Crippen LogP contribution in [0.15, 0.2) is 36.4 Å². The summed E-state index contributed by atoms with van der Waals surface area (Å²) in [6, 6.07) is 9.07. The molecule has 0 aromatic heterocycles. The summed E-state index contributed by atoms with van der Waals surface area (Å²) in [5, 5.41) is 10.8. The molecule has 0 radical (unpaired) electrons. The van der Waals surface area contributed by atoms with Crippen LogP contribution in [-0.4, -0.2) is 37.0 Å². The second kappa shape index (κ2) is 7.85. The molecular formula is C17H17ClN2O5. The van der Waals surface area contributed by atoms with E-state index in [-0.39, 0.29) is 28.7 Å². The van der Waals surface area contributed by atoms with Crippen LogP contribution in [0.3, 0.4) is 0 Å². The number of hydrogen-bond acceptors (Lipinski definition) is 5. The predicted molar refractivity (Wildman–Crippen MR) is 93.4 cm³/mol. The first kappa shape index (κ1) is 18.5. The van der Waals surface area contributed by atoms with Crippen molar-refractivity contribution in [2.45, 2.75) is 6.54 Å². The number of carbonyl (C=O) groups is 1. The fraction of sp³-hybridized carbons (Fsp3) is 0.235. The van der Waals surface area contributed by atoms with Gasteiger partial charge in [-0.25, -0.2) is 0 Å². The number of carbonyl (C=O) groups excluding carboxylic acids is 1. The molecule has 0 unspecified atom stereocenters. The van der Waals surface area contributed by atoms with Crippen molar-refractivity contribution in [3.8, 4) is 11.5 Å². The second-order valence-corrected chi connectivity index (χ2v) is 5.67. The molecule has 0 bridgehead atoms. The number of hydrogen-bond donors (Lipinski definition) is 0. The zero-order valence-corrected chi connectivity index (χ0v) is 14.7. The maximum absolute atomic E-state index is 12.6. The molecule has 1 amide bonds. The molecule has 0 N–H and O–H groups in total. The lowest BCUT2D eigenvalue weighted by Crippen LogP contribution is -2.26. The minimum Gasteiger partial charge on any atom is -0.497 e. The number of rotatable bonds is 6. The third-order valence-corrected chi connectivity index (χ3v) is 3.96. The molecule has 0 aliphatic rings. The summed E-state index contributed by atoms with van der Waals surface area (Å²) in [6.07, 6.45) is 0. The van der Waals surface area contributed by atoms with Gasteiger partial charge in [-0.05, 0) is 18.2 Å². The highest BCUT2D eigenvalue weighted by molar-refractivity contribution is 6.34.